The van der Waals surface area contributed by atoms with Gasteiger partial charge in [0.05, 0.1) is 18.1 Å². The number of hydrogen-bond donors (Lipinski definition) is 4. The van der Waals surface area contributed by atoms with E-state index in [1.165, 1.54) is 18.5 Å². The number of nitrogens with one attached hydrogen (secondary N) is 4. The second-order valence-electron chi connectivity index (χ2n) is 7.08. The van der Waals surface area contributed by atoms with E-state index in [-0.39, 0.29) is 17.7 Å². The van der Waals surface area contributed by atoms with Gasteiger partial charge in [0.2, 0.25) is 17.8 Å². The van der Waals surface area contributed by atoms with Gasteiger partial charge in [0.15, 0.2) is 0 Å². The molecule has 3 amide bonds. The van der Waals surface area contributed by atoms with Crippen LogP contribution in [0.25, 0.3) is 0 Å². The Morgan fingerprint density at radius 2 is 1.61 bits per heavy atom. The van der Waals surface area contributed by atoms with E-state index in [0.717, 1.165) is 5.56 Å². The Balaban J connectivity index is 1.66. The largest absolute Gasteiger partial charge is 0.326 e. The topological polar surface area (TPSA) is 125 Å². The van der Waals surface area contributed by atoms with Crippen molar-refractivity contribution in [3.05, 3.63) is 78.6 Å². The van der Waals surface area contributed by atoms with Crippen LogP contribution in [0.5, 0.6) is 0 Å². The molecule has 0 saturated heterocycles. The van der Waals surface area contributed by atoms with Gasteiger partial charge < -0.3 is 21.3 Å². The van der Waals surface area contributed by atoms with Gasteiger partial charge in [0.25, 0.3) is 5.91 Å². The monoisotopic (exact) mass is 444 g/mol. The summed E-state index contributed by atoms with van der Waals surface area (Å²) in [5.74, 6) is -0.456. The van der Waals surface area contributed by atoms with E-state index in [9.17, 15) is 14.4 Å². The predicted molar refractivity (Wildman–Crippen MR) is 129 cm³/mol. The summed E-state index contributed by atoms with van der Waals surface area (Å²) in [6, 6.07) is 12.2. The molecular formula is C24H24N6O3. The Labute approximate surface area is 191 Å². The highest BCUT2D eigenvalue weighted by Crippen LogP contribution is 2.20. The third kappa shape index (κ3) is 6.47. The molecule has 9 nitrogen and oxygen atoms in total. The molecule has 1 heterocycles. The molecule has 0 spiro atoms. The molecule has 3 rings (SSSR count). The van der Waals surface area contributed by atoms with Gasteiger partial charge in [-0.3, -0.25) is 14.4 Å². The van der Waals surface area contributed by atoms with E-state index >= 15 is 0 Å². The fourth-order valence-electron chi connectivity index (χ4n) is 2.85. The number of nitrogens with zero attached hydrogens (tertiary/aromatic N) is 2. The third-order valence-corrected chi connectivity index (χ3v) is 4.57. The summed E-state index contributed by atoms with van der Waals surface area (Å²) in [4.78, 5) is 44.2. The molecule has 1 aromatic heterocycles. The number of carbonyl (C=O) groups is 3. The molecule has 0 unspecified atom stereocenters. The SMILES string of the molecule is C=CC(=O)Nc1cccc(Nc2ncc(NC(=O)c3cc(NC(=O)CC)ccc3C)cn2)c1. The van der Waals surface area contributed by atoms with Crippen molar-refractivity contribution in [1.29, 1.82) is 0 Å². The fraction of sp³-hybridized carbons (Fsp3) is 0.125. The second-order valence-corrected chi connectivity index (χ2v) is 7.08. The van der Waals surface area contributed by atoms with Crippen molar-refractivity contribution < 1.29 is 14.4 Å². The number of benzene rings is 2. The average Bonchev–Trinajstić information content (AvgIpc) is 2.81. The lowest BCUT2D eigenvalue weighted by Crippen LogP contribution is -2.15. The van der Waals surface area contributed by atoms with Gasteiger partial charge in [-0.2, -0.15) is 0 Å². The number of anilines is 5. The molecule has 0 aliphatic carbocycles. The van der Waals surface area contributed by atoms with Crippen LogP contribution in [0.3, 0.4) is 0 Å². The van der Waals surface area contributed by atoms with Crippen LogP contribution >= 0.6 is 0 Å². The zero-order valence-electron chi connectivity index (χ0n) is 18.3. The molecule has 0 aliphatic heterocycles. The number of amides is 3. The molecule has 3 aromatic rings. The maximum Gasteiger partial charge on any atom is 0.256 e. The van der Waals surface area contributed by atoms with Gasteiger partial charge in [-0.15, -0.1) is 0 Å². The Bertz CT molecular complexity index is 1190. The predicted octanol–water partition coefficient (Wildman–Crippen LogP) is 4.25. The number of carbonyl (C=O) groups excluding carboxylic acids is 3. The second kappa shape index (κ2) is 10.7. The van der Waals surface area contributed by atoms with Crippen LogP contribution in [0.15, 0.2) is 67.5 Å². The maximum absolute atomic E-state index is 12.7. The molecule has 0 radical (unpaired) electrons. The summed E-state index contributed by atoms with van der Waals surface area (Å²) in [5, 5.41) is 11.2. The van der Waals surface area contributed by atoms with E-state index in [1.54, 1.807) is 49.4 Å². The van der Waals surface area contributed by atoms with E-state index in [0.29, 0.717) is 40.7 Å². The summed E-state index contributed by atoms with van der Waals surface area (Å²) in [6.07, 6.45) is 4.50. The van der Waals surface area contributed by atoms with Gasteiger partial charge in [-0.1, -0.05) is 25.6 Å². The Morgan fingerprint density at radius 3 is 2.30 bits per heavy atom. The lowest BCUT2D eigenvalue weighted by Gasteiger charge is -2.11. The molecule has 0 aliphatic rings. The van der Waals surface area contributed by atoms with Crippen molar-refractivity contribution in [2.24, 2.45) is 0 Å². The Kier molecular flexibility index (Phi) is 7.48. The van der Waals surface area contributed by atoms with Crippen LogP contribution in [-0.4, -0.2) is 27.7 Å². The van der Waals surface area contributed by atoms with Gasteiger partial charge in [-0.05, 0) is 48.9 Å². The summed E-state index contributed by atoms with van der Waals surface area (Å²) >= 11 is 0. The average molecular weight is 444 g/mol. The fourth-order valence-corrected chi connectivity index (χ4v) is 2.85. The van der Waals surface area contributed by atoms with Crippen LogP contribution < -0.4 is 21.3 Å². The molecule has 0 bridgehead atoms. The van der Waals surface area contributed by atoms with Gasteiger partial charge in [0, 0.05) is 29.0 Å². The van der Waals surface area contributed by atoms with E-state index in [1.807, 2.05) is 6.92 Å². The molecule has 4 N–H and O–H groups in total. The summed E-state index contributed by atoms with van der Waals surface area (Å²) in [6.45, 7) is 7.00. The van der Waals surface area contributed by atoms with Gasteiger partial charge in [0.1, 0.15) is 0 Å². The van der Waals surface area contributed by atoms with Crippen LogP contribution in [0.1, 0.15) is 29.3 Å². The van der Waals surface area contributed by atoms with Crippen molar-refractivity contribution in [3.63, 3.8) is 0 Å². The van der Waals surface area contributed by atoms with E-state index in [4.69, 9.17) is 0 Å². The molecule has 168 valence electrons. The lowest BCUT2D eigenvalue weighted by atomic mass is 10.1. The normalized spacial score (nSPS) is 10.1. The molecule has 9 heteroatoms. The highest BCUT2D eigenvalue weighted by molar-refractivity contribution is 6.06. The van der Waals surface area contributed by atoms with Gasteiger partial charge in [-0.25, -0.2) is 9.97 Å². The van der Waals surface area contributed by atoms with Crippen molar-refractivity contribution in [2.75, 3.05) is 21.3 Å². The van der Waals surface area contributed by atoms with Gasteiger partial charge >= 0.3 is 0 Å². The minimum atomic E-state index is -0.338. The first-order valence-corrected chi connectivity index (χ1v) is 10.2. The van der Waals surface area contributed by atoms with E-state index in [2.05, 4.69) is 37.8 Å². The summed E-state index contributed by atoms with van der Waals surface area (Å²) in [5.41, 5.74) is 3.45. The third-order valence-electron chi connectivity index (χ3n) is 4.57. The summed E-state index contributed by atoms with van der Waals surface area (Å²) < 4.78 is 0. The highest BCUT2D eigenvalue weighted by atomic mass is 16.2. The van der Waals surface area contributed by atoms with Crippen LogP contribution in [0, 0.1) is 6.92 Å². The number of aryl methyl sites for hydroxylation is 1. The van der Waals surface area contributed by atoms with Crippen LogP contribution in [0.2, 0.25) is 0 Å². The first kappa shape index (κ1) is 23.1. The van der Waals surface area contributed by atoms with Crippen molar-refractivity contribution >= 4 is 46.4 Å². The first-order valence-electron chi connectivity index (χ1n) is 10.2. The van der Waals surface area contributed by atoms with Crippen molar-refractivity contribution in [3.8, 4) is 0 Å². The smallest absolute Gasteiger partial charge is 0.256 e. The molecule has 0 fully saturated rings. The van der Waals surface area contributed by atoms with Crippen molar-refractivity contribution in [1.82, 2.24) is 9.97 Å². The van der Waals surface area contributed by atoms with E-state index < -0.39 is 0 Å². The molecule has 0 saturated carbocycles. The number of rotatable bonds is 8. The van der Waals surface area contributed by atoms with Crippen LogP contribution in [0.4, 0.5) is 28.7 Å². The summed E-state index contributed by atoms with van der Waals surface area (Å²) in [7, 11) is 0. The highest BCUT2D eigenvalue weighted by Gasteiger charge is 2.12. The number of aromatic nitrogens is 2. The molecule has 0 atom stereocenters. The number of hydrogen-bond acceptors (Lipinski definition) is 6. The first-order chi connectivity index (χ1) is 15.9. The minimum Gasteiger partial charge on any atom is -0.326 e. The molecule has 33 heavy (non-hydrogen) atoms. The Hall–Kier alpha value is -4.53. The van der Waals surface area contributed by atoms with Crippen LogP contribution in [-0.2, 0) is 9.59 Å². The standard InChI is InChI=1S/C24H24N6O3/c1-4-21(31)27-16-7-6-8-17(11-16)30-24-25-13-19(14-26-24)29-23(33)20-12-18(10-9-15(20)3)28-22(32)5-2/h4,6-14H,1,5H2,2-3H3,(H,27,31)(H,28,32)(H,29,33)(H,25,26,30). The quantitative estimate of drug-likeness (QED) is 0.385. The molecule has 2 aromatic carbocycles. The minimum absolute atomic E-state index is 0.129. The van der Waals surface area contributed by atoms with Crippen molar-refractivity contribution in [2.45, 2.75) is 20.3 Å². The maximum atomic E-state index is 12.7. The zero-order chi connectivity index (χ0) is 23.8. The lowest BCUT2D eigenvalue weighted by molar-refractivity contribution is -0.116. The zero-order valence-corrected chi connectivity index (χ0v) is 18.3. The Morgan fingerprint density at radius 1 is 0.909 bits per heavy atom. The molecular weight excluding hydrogens is 420 g/mol.